The van der Waals surface area contributed by atoms with Gasteiger partial charge in [-0.15, -0.1) is 0 Å². The van der Waals surface area contributed by atoms with Gasteiger partial charge in [0.2, 0.25) is 0 Å². The van der Waals surface area contributed by atoms with Crippen LogP contribution in [0, 0.1) is 0 Å². The molecule has 0 spiro atoms. The van der Waals surface area contributed by atoms with Gasteiger partial charge >= 0.3 is 5.97 Å². The van der Waals surface area contributed by atoms with Crippen LogP contribution in [0.2, 0.25) is 0 Å². The molecule has 0 aliphatic carbocycles. The van der Waals surface area contributed by atoms with Gasteiger partial charge in [0.25, 0.3) is 0 Å². The van der Waals surface area contributed by atoms with Crippen molar-refractivity contribution >= 4 is 17.3 Å². The second-order valence-corrected chi connectivity index (χ2v) is 3.41. The highest BCUT2D eigenvalue weighted by Gasteiger charge is 2.13. The van der Waals surface area contributed by atoms with Crippen molar-refractivity contribution in [1.82, 2.24) is 15.0 Å². The van der Waals surface area contributed by atoms with Crippen LogP contribution in [0.5, 0.6) is 0 Å². The smallest absolute Gasteiger partial charge is 0.356 e. The Balaban J connectivity index is 2.35. The lowest BCUT2D eigenvalue weighted by molar-refractivity contribution is 0.0691. The molecule has 0 radical (unpaired) electrons. The van der Waals surface area contributed by atoms with Crippen LogP contribution < -0.4 is 5.32 Å². The third kappa shape index (κ3) is 2.58. The van der Waals surface area contributed by atoms with Crippen LogP contribution in [-0.4, -0.2) is 31.1 Å². The van der Waals surface area contributed by atoms with Crippen LogP contribution in [-0.2, 0) is 6.61 Å². The number of carboxylic acid groups (broad SMARTS) is 1. The number of aliphatic hydroxyl groups excluding tert-OH is 1. The predicted molar refractivity (Wildman–Crippen MR) is 62.4 cm³/mol. The Morgan fingerprint density at radius 1 is 1.28 bits per heavy atom. The lowest BCUT2D eigenvalue weighted by atomic mass is 10.2. The van der Waals surface area contributed by atoms with E-state index in [2.05, 4.69) is 20.3 Å². The second-order valence-electron chi connectivity index (χ2n) is 3.41. The molecule has 2 rings (SSSR count). The lowest BCUT2D eigenvalue weighted by Crippen LogP contribution is -2.08. The molecule has 7 heteroatoms. The first-order chi connectivity index (χ1) is 8.70. The molecular weight excluding hydrogens is 236 g/mol. The number of pyridine rings is 1. The maximum atomic E-state index is 11.1. The number of aliphatic hydroxyl groups is 1. The Bertz CT molecular complexity index is 559. The molecule has 2 aromatic rings. The van der Waals surface area contributed by atoms with Crippen molar-refractivity contribution in [3.05, 3.63) is 42.2 Å². The lowest BCUT2D eigenvalue weighted by Gasteiger charge is -2.09. The zero-order valence-electron chi connectivity index (χ0n) is 9.24. The molecular formula is C11H10N4O3. The largest absolute Gasteiger partial charge is 0.476 e. The van der Waals surface area contributed by atoms with E-state index < -0.39 is 5.97 Å². The number of aromatic carboxylic acids is 1. The fourth-order valence-electron chi connectivity index (χ4n) is 1.37. The van der Waals surface area contributed by atoms with Crippen LogP contribution >= 0.6 is 0 Å². The molecule has 0 unspecified atom stereocenters. The van der Waals surface area contributed by atoms with E-state index in [9.17, 15) is 4.79 Å². The van der Waals surface area contributed by atoms with Crippen LogP contribution in [0.3, 0.4) is 0 Å². The fourth-order valence-corrected chi connectivity index (χ4v) is 1.37. The van der Waals surface area contributed by atoms with Gasteiger partial charge < -0.3 is 15.5 Å². The number of nitrogens with one attached hydrogen (secondary N) is 1. The minimum atomic E-state index is -1.18. The summed E-state index contributed by atoms with van der Waals surface area (Å²) in [6.07, 6.45) is 4.40. The summed E-state index contributed by atoms with van der Waals surface area (Å²) in [7, 11) is 0. The van der Waals surface area contributed by atoms with Gasteiger partial charge in [-0.05, 0) is 12.1 Å². The molecule has 0 atom stereocenters. The molecule has 2 aromatic heterocycles. The highest BCUT2D eigenvalue weighted by atomic mass is 16.4. The quantitative estimate of drug-likeness (QED) is 0.732. The summed E-state index contributed by atoms with van der Waals surface area (Å²) in [5, 5.41) is 20.8. The summed E-state index contributed by atoms with van der Waals surface area (Å²) in [5.41, 5.74) is 1.00. The van der Waals surface area contributed by atoms with E-state index in [1.165, 1.54) is 24.8 Å². The third-order valence-electron chi connectivity index (χ3n) is 2.16. The van der Waals surface area contributed by atoms with Gasteiger partial charge in [-0.3, -0.25) is 0 Å². The molecule has 0 amide bonds. The van der Waals surface area contributed by atoms with Crippen molar-refractivity contribution in [2.45, 2.75) is 6.61 Å². The van der Waals surface area contributed by atoms with E-state index in [1.807, 2.05) is 0 Å². The number of carbonyl (C=O) groups is 1. The average Bonchev–Trinajstić information content (AvgIpc) is 2.40. The normalized spacial score (nSPS) is 10.1. The maximum absolute atomic E-state index is 11.1. The van der Waals surface area contributed by atoms with Gasteiger partial charge in [-0.1, -0.05) is 0 Å². The first-order valence-corrected chi connectivity index (χ1v) is 5.07. The molecule has 0 bridgehead atoms. The Labute approximate surface area is 102 Å². The standard InChI is InChI=1S/C11H10N4O3/c16-5-7-1-2-9(10(15-7)11(17)18)14-8-3-12-6-13-4-8/h1-4,6,14,16H,5H2,(H,17,18). The van der Waals surface area contributed by atoms with E-state index >= 15 is 0 Å². The zero-order valence-corrected chi connectivity index (χ0v) is 9.24. The predicted octanol–water partition coefficient (Wildman–Crippen LogP) is 0.806. The number of carboxylic acids is 1. The first-order valence-electron chi connectivity index (χ1n) is 5.07. The Morgan fingerprint density at radius 2 is 2.00 bits per heavy atom. The first kappa shape index (κ1) is 11.9. The van der Waals surface area contributed by atoms with E-state index in [1.54, 1.807) is 6.07 Å². The fraction of sp³-hybridized carbons (Fsp3) is 0.0909. The Hall–Kier alpha value is -2.54. The molecule has 0 fully saturated rings. The second kappa shape index (κ2) is 5.19. The van der Waals surface area contributed by atoms with Crippen LogP contribution in [0.1, 0.15) is 16.2 Å². The van der Waals surface area contributed by atoms with Gasteiger partial charge in [0, 0.05) is 0 Å². The van der Waals surface area contributed by atoms with Crippen LogP contribution in [0.4, 0.5) is 11.4 Å². The molecule has 18 heavy (non-hydrogen) atoms. The molecule has 0 aromatic carbocycles. The highest BCUT2D eigenvalue weighted by Crippen LogP contribution is 2.19. The van der Waals surface area contributed by atoms with Crippen molar-refractivity contribution in [3.63, 3.8) is 0 Å². The molecule has 0 saturated heterocycles. The number of nitrogens with zero attached hydrogens (tertiary/aromatic N) is 3. The van der Waals surface area contributed by atoms with Crippen LogP contribution in [0.15, 0.2) is 30.9 Å². The third-order valence-corrected chi connectivity index (χ3v) is 2.16. The monoisotopic (exact) mass is 246 g/mol. The number of anilines is 2. The number of aromatic nitrogens is 3. The van der Waals surface area contributed by atoms with Crippen molar-refractivity contribution in [2.75, 3.05) is 5.32 Å². The van der Waals surface area contributed by atoms with Gasteiger partial charge in [0.1, 0.15) is 6.33 Å². The van der Waals surface area contributed by atoms with E-state index in [0.29, 0.717) is 17.1 Å². The van der Waals surface area contributed by atoms with Crippen molar-refractivity contribution in [3.8, 4) is 0 Å². The molecule has 7 nitrogen and oxygen atoms in total. The van der Waals surface area contributed by atoms with E-state index in [-0.39, 0.29) is 12.3 Å². The summed E-state index contributed by atoms with van der Waals surface area (Å²) in [6.45, 7) is -0.311. The number of rotatable bonds is 4. The number of hydrogen-bond acceptors (Lipinski definition) is 6. The highest BCUT2D eigenvalue weighted by molar-refractivity contribution is 5.92. The molecule has 3 N–H and O–H groups in total. The van der Waals surface area contributed by atoms with Gasteiger partial charge in [0.05, 0.1) is 36.1 Å². The van der Waals surface area contributed by atoms with Crippen molar-refractivity contribution in [2.24, 2.45) is 0 Å². The zero-order chi connectivity index (χ0) is 13.0. The Morgan fingerprint density at radius 3 is 2.61 bits per heavy atom. The van der Waals surface area contributed by atoms with Gasteiger partial charge in [-0.2, -0.15) is 0 Å². The minimum absolute atomic E-state index is 0.162. The van der Waals surface area contributed by atoms with E-state index in [4.69, 9.17) is 10.2 Å². The molecule has 0 aliphatic heterocycles. The summed E-state index contributed by atoms with van der Waals surface area (Å²) in [4.78, 5) is 22.5. The van der Waals surface area contributed by atoms with Crippen LogP contribution in [0.25, 0.3) is 0 Å². The molecule has 0 saturated carbocycles. The van der Waals surface area contributed by atoms with Crippen molar-refractivity contribution in [1.29, 1.82) is 0 Å². The molecule has 0 aliphatic rings. The summed E-state index contributed by atoms with van der Waals surface area (Å²) >= 11 is 0. The van der Waals surface area contributed by atoms with E-state index in [0.717, 1.165) is 0 Å². The topological polar surface area (TPSA) is 108 Å². The van der Waals surface area contributed by atoms with Gasteiger partial charge in [0.15, 0.2) is 5.69 Å². The SMILES string of the molecule is O=C(O)c1nc(CO)ccc1Nc1cncnc1. The summed E-state index contributed by atoms with van der Waals surface area (Å²) in [5.74, 6) is -1.18. The summed E-state index contributed by atoms with van der Waals surface area (Å²) in [6, 6.07) is 3.08. The molecule has 2 heterocycles. The number of hydrogen-bond donors (Lipinski definition) is 3. The minimum Gasteiger partial charge on any atom is -0.476 e. The molecule has 92 valence electrons. The Kier molecular flexibility index (Phi) is 3.44. The van der Waals surface area contributed by atoms with Crippen molar-refractivity contribution < 1.29 is 15.0 Å². The maximum Gasteiger partial charge on any atom is 0.356 e. The summed E-state index contributed by atoms with van der Waals surface area (Å²) < 4.78 is 0. The average molecular weight is 246 g/mol. The van der Waals surface area contributed by atoms with Gasteiger partial charge in [-0.25, -0.2) is 19.7 Å².